The molecular weight excluding hydrogens is 717 g/mol. The second-order valence-corrected chi connectivity index (χ2v) is 18.3. The number of sulfonamides is 1. The number of methoxy groups -OCH3 is 1. The number of hydrogen-bond acceptors (Lipinski definition) is 10. The molecule has 2 saturated heterocycles. The van der Waals surface area contributed by atoms with Crippen molar-refractivity contribution in [2.75, 3.05) is 20.2 Å². The van der Waals surface area contributed by atoms with Crippen molar-refractivity contribution in [1.29, 1.82) is 0 Å². The number of aromatic nitrogens is 2. The molecule has 2 aromatic heterocycles. The Morgan fingerprint density at radius 1 is 1.15 bits per heavy atom. The van der Waals surface area contributed by atoms with E-state index in [1.165, 1.54) is 11.3 Å². The van der Waals surface area contributed by atoms with Crippen LogP contribution in [-0.4, -0.2) is 95.2 Å². The molecule has 2 N–H and O–H groups in total. The number of urea groups is 1. The minimum atomic E-state index is -3.85. The monoisotopic (exact) mass is 764 g/mol. The van der Waals surface area contributed by atoms with E-state index in [1.807, 2.05) is 44.4 Å². The van der Waals surface area contributed by atoms with Gasteiger partial charge in [-0.25, -0.2) is 23.2 Å². The number of benzene rings is 1. The first-order valence-corrected chi connectivity index (χ1v) is 20.8. The summed E-state index contributed by atoms with van der Waals surface area (Å²) in [6, 6.07) is 3.99. The van der Waals surface area contributed by atoms with Crippen molar-refractivity contribution in [3.63, 3.8) is 0 Å². The molecule has 2 saturated carbocycles. The average molecular weight is 765 g/mol. The minimum absolute atomic E-state index is 0.164. The maximum absolute atomic E-state index is 14.4. The van der Waals surface area contributed by atoms with Crippen molar-refractivity contribution >= 4 is 50.1 Å². The summed E-state index contributed by atoms with van der Waals surface area (Å²) in [5.41, 5.74) is 1.68. The van der Waals surface area contributed by atoms with Gasteiger partial charge in [-0.2, -0.15) is 0 Å². The van der Waals surface area contributed by atoms with Crippen LogP contribution in [0.5, 0.6) is 11.5 Å². The Morgan fingerprint density at radius 3 is 2.53 bits per heavy atom. The van der Waals surface area contributed by atoms with Crippen LogP contribution < -0.4 is 19.5 Å². The van der Waals surface area contributed by atoms with E-state index in [4.69, 9.17) is 19.4 Å². The largest absolute Gasteiger partial charge is 0.496 e. The number of nitrogens with one attached hydrogen (secondary N) is 2. The van der Waals surface area contributed by atoms with E-state index >= 15 is 0 Å². The van der Waals surface area contributed by atoms with Crippen molar-refractivity contribution in [1.82, 2.24) is 29.8 Å². The van der Waals surface area contributed by atoms with Gasteiger partial charge in [0.25, 0.3) is 5.91 Å². The van der Waals surface area contributed by atoms with Gasteiger partial charge in [-0.3, -0.25) is 14.3 Å². The molecule has 4 fully saturated rings. The molecule has 0 radical (unpaired) electrons. The molecule has 15 heteroatoms. The molecule has 7 rings (SSSR count). The summed E-state index contributed by atoms with van der Waals surface area (Å²) < 4.78 is 40.2. The van der Waals surface area contributed by atoms with Crippen molar-refractivity contribution < 1.29 is 32.3 Å². The van der Waals surface area contributed by atoms with Crippen LogP contribution in [0, 0.1) is 18.8 Å². The van der Waals surface area contributed by atoms with Gasteiger partial charge in [0.15, 0.2) is 0 Å². The maximum Gasteiger partial charge on any atom is 0.321 e. The molecule has 2 aliphatic carbocycles. The molecule has 2 aliphatic heterocycles. The highest BCUT2D eigenvalue weighted by Crippen LogP contribution is 2.46. The Labute approximate surface area is 314 Å². The van der Waals surface area contributed by atoms with Crippen molar-refractivity contribution in [2.24, 2.45) is 11.8 Å². The highest BCUT2D eigenvalue weighted by Gasteiger charge is 2.62. The van der Waals surface area contributed by atoms with Gasteiger partial charge in [-0.05, 0) is 56.6 Å². The summed E-state index contributed by atoms with van der Waals surface area (Å²) in [6.07, 6.45) is 2.91. The molecule has 1 aromatic carbocycles. The number of amides is 4. The third-order valence-electron chi connectivity index (χ3n) is 10.9. The first-order chi connectivity index (χ1) is 25.2. The Hall–Kier alpha value is -4.24. The van der Waals surface area contributed by atoms with Crippen molar-refractivity contribution in [2.45, 2.75) is 102 Å². The Kier molecular flexibility index (Phi) is 9.71. The summed E-state index contributed by atoms with van der Waals surface area (Å²) >= 11 is 1.51. The van der Waals surface area contributed by atoms with Gasteiger partial charge in [0.2, 0.25) is 15.9 Å². The average Bonchev–Trinajstić information content (AvgIpc) is 4.00. The van der Waals surface area contributed by atoms with E-state index in [9.17, 15) is 22.8 Å². The lowest BCUT2D eigenvalue weighted by Crippen LogP contribution is -2.61. The third-order valence-corrected chi connectivity index (χ3v) is 13.6. The van der Waals surface area contributed by atoms with Gasteiger partial charge >= 0.3 is 6.03 Å². The predicted octanol–water partition coefficient (Wildman–Crippen LogP) is 5.14. The predicted molar refractivity (Wildman–Crippen MR) is 202 cm³/mol. The zero-order chi connectivity index (χ0) is 38.0. The van der Waals surface area contributed by atoms with Gasteiger partial charge in [0, 0.05) is 47.8 Å². The fourth-order valence-corrected chi connectivity index (χ4v) is 9.98. The zero-order valence-corrected chi connectivity index (χ0v) is 32.7. The third kappa shape index (κ3) is 6.86. The molecule has 13 nitrogen and oxygen atoms in total. The van der Waals surface area contributed by atoms with E-state index in [1.54, 1.807) is 23.0 Å². The number of nitrogens with zero attached hydrogens (tertiary/aromatic N) is 4. The molecule has 53 heavy (non-hydrogen) atoms. The fourth-order valence-electron chi connectivity index (χ4n) is 7.68. The molecule has 4 aliphatic rings. The van der Waals surface area contributed by atoms with Crippen LogP contribution in [0.15, 0.2) is 36.2 Å². The summed E-state index contributed by atoms with van der Waals surface area (Å²) in [5, 5.41) is 5.83. The van der Waals surface area contributed by atoms with Crippen LogP contribution in [0.2, 0.25) is 0 Å². The summed E-state index contributed by atoms with van der Waals surface area (Å²) in [4.78, 5) is 55.3. The second kappa shape index (κ2) is 13.9. The molecule has 4 heterocycles. The standard InChI is InChI=1S/C38H48N6O7S2/c1-8-23-17-38(23,36(46)42-53(48,49)24-9-10-24)41-34(45)29-16-32(28-13-14-43(18-20(2)3)37(47)44(28)29)51-31-15-26(35-40-27(19-52-35)21(4)5)39-33-22(6)30(50-7)12-11-25(31)33/h8,11-12,15,19-21,23-24,28-29,32H,1,9-10,13-14,16-18H2,2-7H3,(H,41,45)(H,42,46)/t23-,28-,29+,32-,38-/m1/s1. The van der Waals surface area contributed by atoms with E-state index in [-0.39, 0.29) is 30.7 Å². The number of pyridine rings is 1. The molecular formula is C38H48N6O7S2. The second-order valence-electron chi connectivity index (χ2n) is 15.5. The number of rotatable bonds is 13. The number of carbonyl (C=O) groups excluding carboxylic acids is 3. The fraction of sp³-hybridized carbons (Fsp3) is 0.553. The summed E-state index contributed by atoms with van der Waals surface area (Å²) in [7, 11) is -2.24. The van der Waals surface area contributed by atoms with E-state index in [0.29, 0.717) is 55.1 Å². The van der Waals surface area contributed by atoms with Gasteiger partial charge in [-0.15, -0.1) is 17.9 Å². The van der Waals surface area contributed by atoms with Crippen LogP contribution in [0.4, 0.5) is 4.79 Å². The van der Waals surface area contributed by atoms with E-state index in [2.05, 4.69) is 30.5 Å². The lowest BCUT2D eigenvalue weighted by molar-refractivity contribution is -0.131. The first kappa shape index (κ1) is 37.1. The van der Waals surface area contributed by atoms with Gasteiger partial charge in [-0.1, -0.05) is 33.8 Å². The highest BCUT2D eigenvalue weighted by atomic mass is 32.2. The van der Waals surface area contributed by atoms with E-state index in [0.717, 1.165) is 21.7 Å². The van der Waals surface area contributed by atoms with Crippen LogP contribution in [0.1, 0.15) is 77.0 Å². The van der Waals surface area contributed by atoms with Crippen LogP contribution in [-0.2, 0) is 19.6 Å². The molecule has 0 bridgehead atoms. The molecule has 0 spiro atoms. The van der Waals surface area contributed by atoms with Crippen molar-refractivity contribution in [3.05, 3.63) is 47.5 Å². The first-order valence-electron chi connectivity index (χ1n) is 18.4. The normalized spacial score (nSPS) is 25.5. The van der Waals surface area contributed by atoms with Gasteiger partial charge < -0.3 is 24.6 Å². The smallest absolute Gasteiger partial charge is 0.321 e. The lowest BCUT2D eigenvalue weighted by atomic mass is 10.0. The Balaban J connectivity index is 1.23. The van der Waals surface area contributed by atoms with Crippen LogP contribution >= 0.6 is 11.3 Å². The van der Waals surface area contributed by atoms with Gasteiger partial charge in [0.1, 0.15) is 39.9 Å². The number of thiazole rings is 1. The highest BCUT2D eigenvalue weighted by molar-refractivity contribution is 7.91. The van der Waals surface area contributed by atoms with Crippen LogP contribution in [0.3, 0.4) is 0 Å². The zero-order valence-electron chi connectivity index (χ0n) is 31.0. The number of fused-ring (bicyclic) bond motifs is 2. The topological polar surface area (TPSA) is 160 Å². The maximum atomic E-state index is 14.4. The molecule has 5 atom stereocenters. The Morgan fingerprint density at radius 2 is 1.91 bits per heavy atom. The number of hydrogen-bond donors (Lipinski definition) is 2. The number of ether oxygens (including phenoxy) is 2. The SMILES string of the molecule is C=C[C@@H]1C[C@]1(NC(=O)[C@@H]1C[C@@H](Oc2cc(-c3nc(C(C)C)cs3)nc3c(C)c(OC)ccc23)[C@H]2CCN(CC(C)C)C(=O)N21)C(=O)NS(=O)(=O)C1CC1. The summed E-state index contributed by atoms with van der Waals surface area (Å²) in [5.74, 6) is -0.0762. The number of aryl methyl sites for hydroxylation is 1. The lowest BCUT2D eigenvalue weighted by Gasteiger charge is -2.41. The van der Waals surface area contributed by atoms with Crippen LogP contribution in [0.25, 0.3) is 21.6 Å². The molecule has 3 aromatic rings. The molecule has 284 valence electrons. The molecule has 4 amide bonds. The molecule has 0 unspecified atom stereocenters. The quantitative estimate of drug-likeness (QED) is 0.225. The van der Waals surface area contributed by atoms with E-state index < -0.39 is 56.7 Å². The number of carbonyl (C=O) groups is 3. The minimum Gasteiger partial charge on any atom is -0.496 e. The summed E-state index contributed by atoms with van der Waals surface area (Å²) in [6.45, 7) is 15.0. The Bertz CT molecular complexity index is 2080. The van der Waals surface area contributed by atoms with Gasteiger partial charge in [0.05, 0.1) is 29.6 Å². The van der Waals surface area contributed by atoms with Crippen molar-refractivity contribution in [3.8, 4) is 22.2 Å².